The molecule has 1 heterocycles. The van der Waals surface area contributed by atoms with Crippen molar-refractivity contribution in [1.29, 1.82) is 0 Å². The number of phenolic OH excluding ortho intramolecular Hbond substituents is 1. The second kappa shape index (κ2) is 4.89. The molecule has 0 aliphatic heterocycles. The van der Waals surface area contributed by atoms with E-state index in [-0.39, 0.29) is 0 Å². The van der Waals surface area contributed by atoms with E-state index in [9.17, 15) is 5.11 Å². The fourth-order valence-corrected chi connectivity index (χ4v) is 2.87. The topological polar surface area (TPSA) is 37.2 Å². The van der Waals surface area contributed by atoms with Gasteiger partial charge in [-0.25, -0.2) is 0 Å². The van der Waals surface area contributed by atoms with Crippen LogP contribution in [0.4, 0.5) is 0 Å². The average Bonchev–Trinajstić information content (AvgIpc) is 2.64. The van der Waals surface area contributed by atoms with E-state index in [1.807, 2.05) is 12.1 Å². The maximum Gasteiger partial charge on any atom is 0.117 e. The van der Waals surface area contributed by atoms with Gasteiger partial charge >= 0.3 is 0 Å². The van der Waals surface area contributed by atoms with E-state index in [0.717, 1.165) is 12.1 Å². The smallest absolute Gasteiger partial charge is 0.117 e. The highest BCUT2D eigenvalue weighted by Crippen LogP contribution is 2.28. The molecule has 1 aliphatic carbocycles. The van der Waals surface area contributed by atoms with Crippen LogP contribution in [0.5, 0.6) is 5.75 Å². The van der Waals surface area contributed by atoms with E-state index in [4.69, 9.17) is 0 Å². The number of nitrogens with zero attached hydrogens (tertiary/aromatic N) is 1. The highest BCUT2D eigenvalue weighted by Gasteiger charge is 2.18. The van der Waals surface area contributed by atoms with Crippen LogP contribution in [0.2, 0.25) is 0 Å². The zero-order chi connectivity index (χ0) is 13.4. The number of phenols is 1. The number of hydrogen-bond donors (Lipinski definition) is 2. The number of rotatable bonds is 4. The van der Waals surface area contributed by atoms with Crippen molar-refractivity contribution in [1.82, 2.24) is 9.88 Å². The molecular weight excluding hydrogens is 236 g/mol. The predicted molar refractivity (Wildman–Crippen MR) is 78.5 cm³/mol. The van der Waals surface area contributed by atoms with Crippen LogP contribution in [0.15, 0.2) is 24.3 Å². The second-order valence-corrected chi connectivity index (χ2v) is 5.85. The Morgan fingerprint density at radius 1 is 1.32 bits per heavy atom. The molecule has 0 spiro atoms. The number of hydrogen-bond acceptors (Lipinski definition) is 2. The molecule has 2 aromatic rings. The first-order chi connectivity index (χ1) is 9.15. The van der Waals surface area contributed by atoms with E-state index < -0.39 is 0 Å². The third kappa shape index (κ3) is 2.35. The minimum absolute atomic E-state index is 0.339. The first kappa shape index (κ1) is 12.5. The molecule has 0 unspecified atom stereocenters. The van der Waals surface area contributed by atoms with Crippen LogP contribution < -0.4 is 5.32 Å². The molecule has 3 rings (SSSR count). The molecule has 19 heavy (non-hydrogen) atoms. The van der Waals surface area contributed by atoms with Gasteiger partial charge in [0.05, 0.1) is 5.52 Å². The monoisotopic (exact) mass is 258 g/mol. The molecule has 0 amide bonds. The predicted octanol–water partition coefficient (Wildman–Crippen LogP) is 3.57. The van der Waals surface area contributed by atoms with Crippen molar-refractivity contribution in [2.75, 3.05) is 0 Å². The molecular formula is C16H22N2O. The van der Waals surface area contributed by atoms with Crippen LogP contribution in [0.25, 0.3) is 10.9 Å². The van der Waals surface area contributed by atoms with Crippen molar-refractivity contribution >= 4 is 10.9 Å². The standard InChI is InChI=1S/C16H22N2O/c1-11(2)18-14(10-17-13-4-3-5-13)8-12-6-7-15(19)9-16(12)18/h6-9,11,13,17,19H,3-5,10H2,1-2H3. The van der Waals surface area contributed by atoms with E-state index in [2.05, 4.69) is 29.8 Å². The molecule has 3 nitrogen and oxygen atoms in total. The minimum atomic E-state index is 0.339. The van der Waals surface area contributed by atoms with Gasteiger partial charge in [-0.1, -0.05) is 6.42 Å². The zero-order valence-electron chi connectivity index (χ0n) is 11.7. The third-order valence-electron chi connectivity index (χ3n) is 4.10. The summed E-state index contributed by atoms with van der Waals surface area (Å²) in [7, 11) is 0. The van der Waals surface area contributed by atoms with Crippen molar-refractivity contribution < 1.29 is 5.11 Å². The molecule has 0 atom stereocenters. The second-order valence-electron chi connectivity index (χ2n) is 5.85. The highest BCUT2D eigenvalue weighted by molar-refractivity contribution is 5.83. The summed E-state index contributed by atoms with van der Waals surface area (Å²) < 4.78 is 2.32. The van der Waals surface area contributed by atoms with Crippen molar-refractivity contribution in [3.8, 4) is 5.75 Å². The van der Waals surface area contributed by atoms with Crippen LogP contribution in [-0.2, 0) is 6.54 Å². The lowest BCUT2D eigenvalue weighted by Gasteiger charge is -2.27. The van der Waals surface area contributed by atoms with Crippen molar-refractivity contribution in [3.05, 3.63) is 30.0 Å². The van der Waals surface area contributed by atoms with Crippen LogP contribution in [0.1, 0.15) is 44.8 Å². The molecule has 0 saturated heterocycles. The van der Waals surface area contributed by atoms with Gasteiger partial charge in [-0.3, -0.25) is 0 Å². The molecule has 2 N–H and O–H groups in total. The van der Waals surface area contributed by atoms with Crippen molar-refractivity contribution in [3.63, 3.8) is 0 Å². The number of aromatic nitrogens is 1. The van der Waals surface area contributed by atoms with Gasteiger partial charge in [-0.05, 0) is 44.9 Å². The fourth-order valence-electron chi connectivity index (χ4n) is 2.87. The van der Waals surface area contributed by atoms with E-state index in [1.54, 1.807) is 6.07 Å². The summed E-state index contributed by atoms with van der Waals surface area (Å²) in [6, 6.07) is 8.96. The lowest BCUT2D eigenvalue weighted by atomic mass is 9.93. The Kier molecular flexibility index (Phi) is 3.23. The van der Waals surface area contributed by atoms with E-state index in [0.29, 0.717) is 17.8 Å². The summed E-state index contributed by atoms with van der Waals surface area (Å²) in [6.45, 7) is 5.30. The van der Waals surface area contributed by atoms with Gasteiger partial charge in [-0.2, -0.15) is 0 Å². The van der Waals surface area contributed by atoms with Gasteiger partial charge in [0.2, 0.25) is 0 Å². The fraction of sp³-hybridized carbons (Fsp3) is 0.500. The summed E-state index contributed by atoms with van der Waals surface area (Å²) in [5, 5.41) is 14.5. The van der Waals surface area contributed by atoms with Crippen LogP contribution in [-0.4, -0.2) is 15.7 Å². The van der Waals surface area contributed by atoms with Crippen LogP contribution in [0, 0.1) is 0 Å². The number of benzene rings is 1. The Hall–Kier alpha value is -1.48. The summed E-state index contributed by atoms with van der Waals surface area (Å²) in [6.07, 6.45) is 3.98. The summed E-state index contributed by atoms with van der Waals surface area (Å²) >= 11 is 0. The minimum Gasteiger partial charge on any atom is -0.508 e. The Morgan fingerprint density at radius 2 is 2.11 bits per heavy atom. The lowest BCUT2D eigenvalue weighted by molar-refractivity contribution is 0.334. The lowest BCUT2D eigenvalue weighted by Crippen LogP contribution is -2.35. The number of nitrogens with one attached hydrogen (secondary N) is 1. The van der Waals surface area contributed by atoms with E-state index >= 15 is 0 Å². The Labute approximate surface area is 114 Å². The van der Waals surface area contributed by atoms with Gasteiger partial charge in [0, 0.05) is 35.8 Å². The molecule has 1 fully saturated rings. The molecule has 102 valence electrons. The maximum absolute atomic E-state index is 9.68. The summed E-state index contributed by atoms with van der Waals surface area (Å²) in [5.74, 6) is 0.339. The molecule has 1 aromatic heterocycles. The molecule has 1 aliphatic rings. The molecule has 0 radical (unpaired) electrons. The number of aromatic hydroxyl groups is 1. The summed E-state index contributed by atoms with van der Waals surface area (Å²) in [4.78, 5) is 0. The summed E-state index contributed by atoms with van der Waals surface area (Å²) in [5.41, 5.74) is 2.43. The normalized spacial score (nSPS) is 16.2. The molecule has 3 heteroatoms. The Bertz CT molecular complexity index is 582. The Morgan fingerprint density at radius 3 is 2.74 bits per heavy atom. The quantitative estimate of drug-likeness (QED) is 0.879. The SMILES string of the molecule is CC(C)n1c(CNC2CCC2)cc2ccc(O)cc21. The van der Waals surface area contributed by atoms with Crippen LogP contribution in [0.3, 0.4) is 0 Å². The Balaban J connectivity index is 1.94. The highest BCUT2D eigenvalue weighted by atomic mass is 16.3. The van der Waals surface area contributed by atoms with Crippen molar-refractivity contribution in [2.24, 2.45) is 0 Å². The van der Waals surface area contributed by atoms with Gasteiger partial charge in [0.15, 0.2) is 0 Å². The zero-order valence-corrected chi connectivity index (χ0v) is 11.7. The largest absolute Gasteiger partial charge is 0.508 e. The van der Waals surface area contributed by atoms with Gasteiger partial charge in [0.1, 0.15) is 5.75 Å². The molecule has 0 bridgehead atoms. The number of fused-ring (bicyclic) bond motifs is 1. The van der Waals surface area contributed by atoms with Gasteiger partial charge in [0.25, 0.3) is 0 Å². The first-order valence-electron chi connectivity index (χ1n) is 7.21. The first-order valence-corrected chi connectivity index (χ1v) is 7.21. The van der Waals surface area contributed by atoms with Gasteiger partial charge in [-0.15, -0.1) is 0 Å². The van der Waals surface area contributed by atoms with Gasteiger partial charge < -0.3 is 15.0 Å². The third-order valence-corrected chi connectivity index (χ3v) is 4.10. The maximum atomic E-state index is 9.68. The van der Waals surface area contributed by atoms with E-state index in [1.165, 1.54) is 30.3 Å². The molecule has 1 aromatic carbocycles. The average molecular weight is 258 g/mol. The molecule has 1 saturated carbocycles. The van der Waals surface area contributed by atoms with Crippen molar-refractivity contribution in [2.45, 2.75) is 51.7 Å². The van der Waals surface area contributed by atoms with Crippen LogP contribution >= 0.6 is 0 Å².